The Morgan fingerprint density at radius 2 is 2.20 bits per heavy atom. The molecule has 2 aromatic rings. The van der Waals surface area contributed by atoms with Gasteiger partial charge in [-0.25, -0.2) is 0 Å². The van der Waals surface area contributed by atoms with Crippen LogP contribution in [0.3, 0.4) is 0 Å². The summed E-state index contributed by atoms with van der Waals surface area (Å²) in [6, 6.07) is 5.07. The van der Waals surface area contributed by atoms with E-state index in [1.165, 1.54) is 11.3 Å². The van der Waals surface area contributed by atoms with E-state index < -0.39 is 0 Å². The van der Waals surface area contributed by atoms with Crippen molar-refractivity contribution in [2.45, 2.75) is 20.3 Å². The SMILES string of the molecule is CCOc1c(N)cccc1C(=O)Nc1nnc(CC)s1. The number of rotatable bonds is 5. The molecule has 0 aliphatic heterocycles. The third-order valence-corrected chi connectivity index (χ3v) is 3.55. The van der Waals surface area contributed by atoms with Crippen molar-refractivity contribution in [3.05, 3.63) is 28.8 Å². The van der Waals surface area contributed by atoms with E-state index in [0.717, 1.165) is 11.4 Å². The van der Waals surface area contributed by atoms with Crippen LogP contribution in [0.15, 0.2) is 18.2 Å². The maximum Gasteiger partial charge on any atom is 0.261 e. The van der Waals surface area contributed by atoms with Gasteiger partial charge in [-0.3, -0.25) is 10.1 Å². The second-order valence-electron chi connectivity index (χ2n) is 3.97. The van der Waals surface area contributed by atoms with Crippen molar-refractivity contribution in [3.63, 3.8) is 0 Å². The van der Waals surface area contributed by atoms with Crippen molar-refractivity contribution in [2.24, 2.45) is 0 Å². The van der Waals surface area contributed by atoms with Crippen LogP contribution in [0.5, 0.6) is 5.75 Å². The number of amides is 1. The van der Waals surface area contributed by atoms with Gasteiger partial charge in [0, 0.05) is 0 Å². The van der Waals surface area contributed by atoms with Gasteiger partial charge in [0.25, 0.3) is 5.91 Å². The van der Waals surface area contributed by atoms with Crippen LogP contribution < -0.4 is 15.8 Å². The number of nitrogens with zero attached hydrogens (tertiary/aromatic N) is 2. The number of anilines is 2. The molecule has 0 bridgehead atoms. The molecule has 0 unspecified atom stereocenters. The average Bonchev–Trinajstić information content (AvgIpc) is 2.88. The molecule has 0 spiro atoms. The van der Waals surface area contributed by atoms with Crippen molar-refractivity contribution >= 4 is 28.1 Å². The van der Waals surface area contributed by atoms with Gasteiger partial charge in [0.1, 0.15) is 5.01 Å². The van der Waals surface area contributed by atoms with Crippen molar-refractivity contribution in [2.75, 3.05) is 17.7 Å². The summed E-state index contributed by atoms with van der Waals surface area (Å²) in [5.41, 5.74) is 6.66. The Labute approximate surface area is 121 Å². The third-order valence-electron chi connectivity index (χ3n) is 2.57. The molecule has 0 atom stereocenters. The van der Waals surface area contributed by atoms with Crippen LogP contribution >= 0.6 is 11.3 Å². The lowest BCUT2D eigenvalue weighted by Gasteiger charge is -2.11. The lowest BCUT2D eigenvalue weighted by molar-refractivity contribution is 0.102. The molecule has 1 amide bonds. The van der Waals surface area contributed by atoms with Crippen LogP contribution in [0.2, 0.25) is 0 Å². The maximum absolute atomic E-state index is 12.3. The molecule has 0 aliphatic rings. The summed E-state index contributed by atoms with van der Waals surface area (Å²) in [6.07, 6.45) is 0.788. The fourth-order valence-electron chi connectivity index (χ4n) is 1.65. The smallest absolute Gasteiger partial charge is 0.261 e. The van der Waals surface area contributed by atoms with Crippen molar-refractivity contribution in [1.82, 2.24) is 10.2 Å². The topological polar surface area (TPSA) is 90.1 Å². The van der Waals surface area contributed by atoms with Crippen LogP contribution in [-0.4, -0.2) is 22.7 Å². The lowest BCUT2D eigenvalue weighted by atomic mass is 10.1. The van der Waals surface area contributed by atoms with E-state index in [0.29, 0.717) is 28.7 Å². The average molecular weight is 292 g/mol. The molecule has 0 saturated heterocycles. The lowest BCUT2D eigenvalue weighted by Crippen LogP contribution is -2.14. The second-order valence-corrected chi connectivity index (χ2v) is 5.03. The van der Waals surface area contributed by atoms with Gasteiger partial charge in [-0.1, -0.05) is 24.3 Å². The summed E-state index contributed by atoms with van der Waals surface area (Å²) in [4.78, 5) is 12.3. The summed E-state index contributed by atoms with van der Waals surface area (Å²) in [6.45, 7) is 4.26. The molecule has 1 aromatic carbocycles. The second kappa shape index (κ2) is 6.33. The number of benzene rings is 1. The molecule has 1 heterocycles. The molecule has 0 saturated carbocycles. The highest BCUT2D eigenvalue weighted by Crippen LogP contribution is 2.27. The molecule has 20 heavy (non-hydrogen) atoms. The van der Waals surface area contributed by atoms with E-state index in [4.69, 9.17) is 10.5 Å². The van der Waals surface area contributed by atoms with Crippen molar-refractivity contribution < 1.29 is 9.53 Å². The normalized spacial score (nSPS) is 10.3. The van der Waals surface area contributed by atoms with Gasteiger partial charge in [0.2, 0.25) is 5.13 Å². The van der Waals surface area contributed by atoms with Gasteiger partial charge >= 0.3 is 0 Å². The minimum absolute atomic E-state index is 0.306. The number of nitrogen functional groups attached to an aromatic ring is 1. The van der Waals surface area contributed by atoms with E-state index in [-0.39, 0.29) is 5.91 Å². The first-order valence-electron chi connectivity index (χ1n) is 6.30. The molecule has 1 aromatic heterocycles. The number of hydrogen-bond donors (Lipinski definition) is 2. The number of aromatic nitrogens is 2. The summed E-state index contributed by atoms with van der Waals surface area (Å²) in [7, 11) is 0. The zero-order valence-corrected chi connectivity index (χ0v) is 12.2. The summed E-state index contributed by atoms with van der Waals surface area (Å²) in [5.74, 6) is 0.0901. The minimum Gasteiger partial charge on any atom is -0.491 e. The highest BCUT2D eigenvalue weighted by Gasteiger charge is 2.16. The Morgan fingerprint density at radius 1 is 1.40 bits per heavy atom. The Kier molecular flexibility index (Phi) is 4.52. The van der Waals surface area contributed by atoms with Crippen LogP contribution in [-0.2, 0) is 6.42 Å². The van der Waals surface area contributed by atoms with E-state index in [1.54, 1.807) is 18.2 Å². The van der Waals surface area contributed by atoms with E-state index in [2.05, 4.69) is 15.5 Å². The first-order chi connectivity index (χ1) is 9.65. The Balaban J connectivity index is 2.22. The molecule has 0 aliphatic carbocycles. The number of nitrogens with one attached hydrogen (secondary N) is 1. The van der Waals surface area contributed by atoms with Crippen LogP contribution in [0, 0.1) is 0 Å². The first-order valence-corrected chi connectivity index (χ1v) is 7.12. The zero-order valence-electron chi connectivity index (χ0n) is 11.3. The number of aryl methyl sites for hydroxylation is 1. The molecular weight excluding hydrogens is 276 g/mol. The molecular formula is C13H16N4O2S. The van der Waals surface area contributed by atoms with Crippen LogP contribution in [0.25, 0.3) is 0 Å². The standard InChI is InChI=1S/C13H16N4O2S/c1-3-10-16-17-13(20-10)15-12(18)8-6-5-7-9(14)11(8)19-4-2/h5-7H,3-4,14H2,1-2H3,(H,15,17,18). The Morgan fingerprint density at radius 3 is 2.85 bits per heavy atom. The number of nitrogens with two attached hydrogens (primary N) is 1. The zero-order chi connectivity index (χ0) is 14.5. The quantitative estimate of drug-likeness (QED) is 0.825. The number of ether oxygens (including phenoxy) is 1. The Bertz CT molecular complexity index is 612. The molecule has 2 rings (SSSR count). The third kappa shape index (κ3) is 3.05. The van der Waals surface area contributed by atoms with Gasteiger partial charge in [0.05, 0.1) is 17.9 Å². The van der Waals surface area contributed by atoms with E-state index in [1.807, 2.05) is 13.8 Å². The molecule has 106 valence electrons. The van der Waals surface area contributed by atoms with Crippen LogP contribution in [0.4, 0.5) is 10.8 Å². The molecule has 3 N–H and O–H groups in total. The molecule has 6 nitrogen and oxygen atoms in total. The van der Waals surface area contributed by atoms with Gasteiger partial charge in [-0.05, 0) is 25.5 Å². The molecule has 7 heteroatoms. The monoisotopic (exact) mass is 292 g/mol. The van der Waals surface area contributed by atoms with Crippen molar-refractivity contribution in [1.29, 1.82) is 0 Å². The fourth-order valence-corrected chi connectivity index (χ4v) is 2.33. The number of carbonyl (C=O) groups excluding carboxylic acids is 1. The Hall–Kier alpha value is -2.15. The van der Waals surface area contributed by atoms with Gasteiger partial charge < -0.3 is 10.5 Å². The number of carbonyl (C=O) groups is 1. The summed E-state index contributed by atoms with van der Waals surface area (Å²) < 4.78 is 5.43. The first kappa shape index (κ1) is 14.3. The number of para-hydroxylation sites is 1. The highest BCUT2D eigenvalue weighted by atomic mass is 32.1. The summed E-state index contributed by atoms with van der Waals surface area (Å²) in [5, 5.41) is 11.9. The van der Waals surface area contributed by atoms with E-state index in [9.17, 15) is 4.79 Å². The van der Waals surface area contributed by atoms with Crippen molar-refractivity contribution in [3.8, 4) is 5.75 Å². The van der Waals surface area contributed by atoms with Crippen LogP contribution in [0.1, 0.15) is 29.2 Å². The van der Waals surface area contributed by atoms with E-state index >= 15 is 0 Å². The predicted octanol–water partition coefficient (Wildman–Crippen LogP) is 2.33. The van der Waals surface area contributed by atoms with Gasteiger partial charge in [-0.15, -0.1) is 10.2 Å². The number of hydrogen-bond acceptors (Lipinski definition) is 6. The highest BCUT2D eigenvalue weighted by molar-refractivity contribution is 7.15. The summed E-state index contributed by atoms with van der Waals surface area (Å²) >= 11 is 1.35. The molecule has 0 radical (unpaired) electrons. The minimum atomic E-state index is -0.306. The maximum atomic E-state index is 12.3. The van der Waals surface area contributed by atoms with Gasteiger partial charge in [-0.2, -0.15) is 0 Å². The molecule has 0 fully saturated rings. The van der Waals surface area contributed by atoms with Gasteiger partial charge in [0.15, 0.2) is 5.75 Å². The predicted molar refractivity (Wildman–Crippen MR) is 79.3 cm³/mol. The largest absolute Gasteiger partial charge is 0.491 e. The fraction of sp³-hybridized carbons (Fsp3) is 0.308.